The van der Waals surface area contributed by atoms with Gasteiger partial charge in [-0.25, -0.2) is 0 Å². The third-order valence-electron chi connectivity index (χ3n) is 1.89. The average Bonchev–Trinajstić information content (AvgIpc) is 2.12. The van der Waals surface area contributed by atoms with Crippen LogP contribution in [-0.2, 0) is 11.2 Å². The third-order valence-corrected chi connectivity index (χ3v) is 1.89. The first-order valence-electron chi connectivity index (χ1n) is 4.68. The van der Waals surface area contributed by atoms with E-state index >= 15 is 0 Å². The molecule has 14 heavy (non-hydrogen) atoms. The Morgan fingerprint density at radius 3 is 2.93 bits per heavy atom. The summed E-state index contributed by atoms with van der Waals surface area (Å²) in [6.45, 7) is 6.26. The van der Waals surface area contributed by atoms with Crippen LogP contribution in [0.5, 0.6) is 0 Å². The minimum Gasteiger partial charge on any atom is -0.510 e. The molecule has 1 rings (SSSR count). The number of hydrogen-bond donors (Lipinski definition) is 1. The fraction of sp³-hybridized carbons (Fsp3) is 0.333. The van der Waals surface area contributed by atoms with Gasteiger partial charge >= 0.3 is 0 Å². The van der Waals surface area contributed by atoms with E-state index in [1.54, 1.807) is 0 Å². The molecule has 1 N–H and O–H groups in total. The molecule has 0 aliphatic rings. The van der Waals surface area contributed by atoms with Gasteiger partial charge in [-0.15, -0.1) is 0 Å². The Morgan fingerprint density at radius 1 is 1.50 bits per heavy atom. The SMILES string of the molecule is C=C(O)COCCc1cccc(C)c1. The van der Waals surface area contributed by atoms with E-state index in [-0.39, 0.29) is 12.4 Å². The highest BCUT2D eigenvalue weighted by atomic mass is 16.5. The molecule has 2 heteroatoms. The maximum Gasteiger partial charge on any atom is 0.111 e. The summed E-state index contributed by atoms with van der Waals surface area (Å²) in [5, 5.41) is 8.77. The lowest BCUT2D eigenvalue weighted by Gasteiger charge is -2.03. The zero-order valence-electron chi connectivity index (χ0n) is 8.49. The molecule has 0 fully saturated rings. The van der Waals surface area contributed by atoms with Crippen molar-refractivity contribution in [3.05, 3.63) is 47.7 Å². The van der Waals surface area contributed by atoms with E-state index in [0.29, 0.717) is 6.61 Å². The quantitative estimate of drug-likeness (QED) is 0.574. The summed E-state index contributed by atoms with van der Waals surface area (Å²) < 4.78 is 5.19. The first kappa shape index (κ1) is 10.8. The molecule has 0 heterocycles. The molecule has 0 radical (unpaired) electrons. The van der Waals surface area contributed by atoms with E-state index in [1.807, 2.05) is 6.07 Å². The van der Waals surface area contributed by atoms with Gasteiger partial charge in [0.2, 0.25) is 0 Å². The van der Waals surface area contributed by atoms with E-state index in [9.17, 15) is 0 Å². The highest BCUT2D eigenvalue weighted by molar-refractivity contribution is 5.22. The van der Waals surface area contributed by atoms with Crippen LogP contribution in [-0.4, -0.2) is 18.3 Å². The Hall–Kier alpha value is -1.28. The summed E-state index contributed by atoms with van der Waals surface area (Å²) in [7, 11) is 0. The summed E-state index contributed by atoms with van der Waals surface area (Å²) >= 11 is 0. The first-order chi connectivity index (χ1) is 6.68. The van der Waals surface area contributed by atoms with Gasteiger partial charge in [-0.2, -0.15) is 0 Å². The second-order valence-corrected chi connectivity index (χ2v) is 3.36. The lowest BCUT2D eigenvalue weighted by atomic mass is 10.1. The number of aryl methyl sites for hydroxylation is 1. The summed E-state index contributed by atoms with van der Waals surface area (Å²) in [6, 6.07) is 8.32. The molecular formula is C12H16O2. The Kier molecular flexibility index (Phi) is 4.20. The maximum atomic E-state index is 8.77. The molecule has 0 atom stereocenters. The van der Waals surface area contributed by atoms with Gasteiger partial charge in [0.05, 0.1) is 6.61 Å². The Bertz CT molecular complexity index is 305. The molecule has 0 amide bonds. The number of ether oxygens (including phenoxy) is 1. The van der Waals surface area contributed by atoms with Crippen molar-refractivity contribution in [2.24, 2.45) is 0 Å². The summed E-state index contributed by atoms with van der Waals surface area (Å²) in [5.41, 5.74) is 2.52. The highest BCUT2D eigenvalue weighted by Gasteiger charge is 1.94. The monoisotopic (exact) mass is 192 g/mol. The van der Waals surface area contributed by atoms with Crippen LogP contribution in [0.25, 0.3) is 0 Å². The van der Waals surface area contributed by atoms with Gasteiger partial charge < -0.3 is 9.84 Å². The maximum absolute atomic E-state index is 8.77. The van der Waals surface area contributed by atoms with Crippen LogP contribution in [0.4, 0.5) is 0 Å². The zero-order valence-corrected chi connectivity index (χ0v) is 8.49. The Morgan fingerprint density at radius 2 is 2.29 bits per heavy atom. The van der Waals surface area contributed by atoms with Gasteiger partial charge in [-0.3, -0.25) is 0 Å². The molecule has 0 aliphatic heterocycles. The van der Waals surface area contributed by atoms with Crippen LogP contribution >= 0.6 is 0 Å². The van der Waals surface area contributed by atoms with Crippen molar-refractivity contribution in [2.75, 3.05) is 13.2 Å². The van der Waals surface area contributed by atoms with Gasteiger partial charge in [0.25, 0.3) is 0 Å². The smallest absolute Gasteiger partial charge is 0.111 e. The molecule has 1 aromatic carbocycles. The molecular weight excluding hydrogens is 176 g/mol. The summed E-state index contributed by atoms with van der Waals surface area (Å²) in [4.78, 5) is 0. The van der Waals surface area contributed by atoms with Crippen LogP contribution in [0, 0.1) is 6.92 Å². The third kappa shape index (κ3) is 4.10. The van der Waals surface area contributed by atoms with E-state index in [1.165, 1.54) is 11.1 Å². The highest BCUT2D eigenvalue weighted by Crippen LogP contribution is 2.04. The van der Waals surface area contributed by atoms with Gasteiger partial charge in [0.15, 0.2) is 0 Å². The molecule has 1 aromatic rings. The van der Waals surface area contributed by atoms with Crippen molar-refractivity contribution in [3.8, 4) is 0 Å². The van der Waals surface area contributed by atoms with Gasteiger partial charge in [-0.05, 0) is 18.9 Å². The minimum atomic E-state index is 0.0780. The van der Waals surface area contributed by atoms with E-state index in [2.05, 4.69) is 31.7 Å². The normalized spacial score (nSPS) is 10.1. The van der Waals surface area contributed by atoms with E-state index in [4.69, 9.17) is 9.84 Å². The molecule has 0 aliphatic carbocycles. The van der Waals surface area contributed by atoms with Crippen molar-refractivity contribution in [2.45, 2.75) is 13.3 Å². The average molecular weight is 192 g/mol. The topological polar surface area (TPSA) is 29.5 Å². The number of aliphatic hydroxyl groups is 1. The molecule has 0 saturated heterocycles. The molecule has 2 nitrogen and oxygen atoms in total. The second-order valence-electron chi connectivity index (χ2n) is 3.36. The molecule has 0 unspecified atom stereocenters. The standard InChI is InChI=1S/C12H16O2/c1-10-4-3-5-12(8-10)6-7-14-9-11(2)13/h3-5,8,13H,2,6-7,9H2,1H3. The van der Waals surface area contributed by atoms with Crippen molar-refractivity contribution < 1.29 is 9.84 Å². The van der Waals surface area contributed by atoms with Crippen LogP contribution in [0.15, 0.2) is 36.6 Å². The van der Waals surface area contributed by atoms with Crippen molar-refractivity contribution in [3.63, 3.8) is 0 Å². The number of benzene rings is 1. The lowest BCUT2D eigenvalue weighted by molar-refractivity contribution is 0.131. The van der Waals surface area contributed by atoms with Crippen LogP contribution in [0.3, 0.4) is 0 Å². The van der Waals surface area contributed by atoms with Gasteiger partial charge in [0.1, 0.15) is 12.4 Å². The predicted octanol–water partition coefficient (Wildman–Crippen LogP) is 2.63. The molecule has 0 aromatic heterocycles. The largest absolute Gasteiger partial charge is 0.510 e. The van der Waals surface area contributed by atoms with Crippen LogP contribution < -0.4 is 0 Å². The number of rotatable bonds is 5. The molecule has 76 valence electrons. The summed E-state index contributed by atoms with van der Waals surface area (Å²) in [6.07, 6.45) is 0.870. The lowest BCUT2D eigenvalue weighted by Crippen LogP contribution is -2.01. The fourth-order valence-electron chi connectivity index (χ4n) is 1.25. The Labute approximate surface area is 84.8 Å². The molecule has 0 saturated carbocycles. The van der Waals surface area contributed by atoms with Crippen LogP contribution in [0.2, 0.25) is 0 Å². The van der Waals surface area contributed by atoms with Crippen molar-refractivity contribution in [1.29, 1.82) is 0 Å². The van der Waals surface area contributed by atoms with E-state index < -0.39 is 0 Å². The number of hydrogen-bond acceptors (Lipinski definition) is 2. The first-order valence-corrected chi connectivity index (χ1v) is 4.68. The van der Waals surface area contributed by atoms with Crippen molar-refractivity contribution in [1.82, 2.24) is 0 Å². The zero-order chi connectivity index (χ0) is 10.4. The Balaban J connectivity index is 2.28. The number of aliphatic hydroxyl groups excluding tert-OH is 1. The van der Waals surface area contributed by atoms with Crippen molar-refractivity contribution >= 4 is 0 Å². The van der Waals surface area contributed by atoms with Gasteiger partial charge in [0, 0.05) is 0 Å². The van der Waals surface area contributed by atoms with E-state index in [0.717, 1.165) is 6.42 Å². The molecule has 0 bridgehead atoms. The van der Waals surface area contributed by atoms with Gasteiger partial charge in [-0.1, -0.05) is 36.4 Å². The fourth-order valence-corrected chi connectivity index (χ4v) is 1.25. The summed E-state index contributed by atoms with van der Waals surface area (Å²) in [5.74, 6) is 0.0780. The van der Waals surface area contributed by atoms with Crippen LogP contribution in [0.1, 0.15) is 11.1 Å². The molecule has 0 spiro atoms. The second kappa shape index (κ2) is 5.45. The minimum absolute atomic E-state index is 0.0780. The predicted molar refractivity (Wildman–Crippen MR) is 57.5 cm³/mol.